The molecule has 2 aromatic rings. The summed E-state index contributed by atoms with van der Waals surface area (Å²) in [5.74, 6) is -0.575. The van der Waals surface area contributed by atoms with Crippen molar-refractivity contribution in [3.8, 4) is 0 Å². The molecule has 0 bridgehead atoms. The van der Waals surface area contributed by atoms with E-state index < -0.39 is 5.91 Å². The highest BCUT2D eigenvalue weighted by Crippen LogP contribution is 2.15. The molecule has 1 aromatic carbocycles. The van der Waals surface area contributed by atoms with Gasteiger partial charge in [0.1, 0.15) is 5.52 Å². The summed E-state index contributed by atoms with van der Waals surface area (Å²) in [6.07, 6.45) is 2.74. The molecule has 0 radical (unpaired) electrons. The number of para-hydroxylation sites is 2. The van der Waals surface area contributed by atoms with Crippen molar-refractivity contribution in [1.29, 1.82) is 0 Å². The van der Waals surface area contributed by atoms with Crippen LogP contribution in [0.15, 0.2) is 34.8 Å². The molecule has 6 heteroatoms. The number of nitrogens with two attached hydrogens (primary N) is 1. The predicted octanol–water partition coefficient (Wildman–Crippen LogP) is 0.785. The largest absolute Gasteiger partial charge is 0.437 e. The molecule has 0 unspecified atom stereocenters. The summed E-state index contributed by atoms with van der Waals surface area (Å²) in [5, 5.41) is 0. The number of carbonyl (C=O) groups excluding carboxylic acids is 2. The summed E-state index contributed by atoms with van der Waals surface area (Å²) in [6.45, 7) is -0.128. The SMILES string of the molecule is CN(CC(N)=O)C(=O)/C=C/c1nc2ccccc2o1. The van der Waals surface area contributed by atoms with Gasteiger partial charge in [-0.2, -0.15) is 0 Å². The fraction of sp³-hybridized carbons (Fsp3) is 0.154. The van der Waals surface area contributed by atoms with Gasteiger partial charge in [-0.3, -0.25) is 9.59 Å². The summed E-state index contributed by atoms with van der Waals surface area (Å²) in [5.41, 5.74) is 6.38. The van der Waals surface area contributed by atoms with E-state index in [-0.39, 0.29) is 12.5 Å². The van der Waals surface area contributed by atoms with Gasteiger partial charge in [0.15, 0.2) is 5.58 Å². The van der Waals surface area contributed by atoms with Crippen LogP contribution in [0.3, 0.4) is 0 Å². The molecule has 1 aromatic heterocycles. The Hall–Kier alpha value is -2.63. The molecular formula is C13H13N3O3. The highest BCUT2D eigenvalue weighted by molar-refractivity contribution is 5.93. The van der Waals surface area contributed by atoms with Gasteiger partial charge >= 0.3 is 0 Å². The first-order valence-corrected chi connectivity index (χ1v) is 5.63. The number of rotatable bonds is 4. The molecule has 2 amide bonds. The van der Waals surface area contributed by atoms with Gasteiger partial charge in [-0.05, 0) is 12.1 Å². The van der Waals surface area contributed by atoms with Crippen molar-refractivity contribution in [3.63, 3.8) is 0 Å². The number of primary amides is 1. The molecule has 0 atom stereocenters. The van der Waals surface area contributed by atoms with Crippen molar-refractivity contribution in [2.45, 2.75) is 0 Å². The predicted molar refractivity (Wildman–Crippen MR) is 69.9 cm³/mol. The summed E-state index contributed by atoms with van der Waals surface area (Å²) < 4.78 is 5.42. The number of carbonyl (C=O) groups is 2. The van der Waals surface area contributed by atoms with Crippen molar-refractivity contribution in [2.24, 2.45) is 5.73 Å². The lowest BCUT2D eigenvalue weighted by atomic mass is 10.3. The molecule has 2 N–H and O–H groups in total. The summed E-state index contributed by atoms with van der Waals surface area (Å²) in [4.78, 5) is 27.7. The molecule has 19 heavy (non-hydrogen) atoms. The number of oxazole rings is 1. The van der Waals surface area contributed by atoms with Gasteiger partial charge in [-0.15, -0.1) is 0 Å². The molecule has 98 valence electrons. The van der Waals surface area contributed by atoms with Crippen molar-refractivity contribution in [1.82, 2.24) is 9.88 Å². The first-order valence-electron chi connectivity index (χ1n) is 5.63. The van der Waals surface area contributed by atoms with Crippen LogP contribution in [0.4, 0.5) is 0 Å². The van der Waals surface area contributed by atoms with E-state index in [2.05, 4.69) is 4.98 Å². The third-order valence-electron chi connectivity index (χ3n) is 2.45. The second-order valence-corrected chi connectivity index (χ2v) is 4.01. The quantitative estimate of drug-likeness (QED) is 0.822. The number of fused-ring (bicyclic) bond motifs is 1. The Kier molecular flexibility index (Phi) is 3.61. The molecule has 6 nitrogen and oxygen atoms in total. The highest BCUT2D eigenvalue weighted by Gasteiger charge is 2.08. The number of benzene rings is 1. The lowest BCUT2D eigenvalue weighted by Gasteiger charge is -2.11. The van der Waals surface area contributed by atoms with Crippen molar-refractivity contribution in [3.05, 3.63) is 36.2 Å². The molecular weight excluding hydrogens is 246 g/mol. The topological polar surface area (TPSA) is 89.4 Å². The first kappa shape index (κ1) is 12.8. The van der Waals surface area contributed by atoms with E-state index in [0.717, 1.165) is 5.52 Å². The van der Waals surface area contributed by atoms with E-state index in [0.29, 0.717) is 11.5 Å². The van der Waals surface area contributed by atoms with E-state index in [9.17, 15) is 9.59 Å². The smallest absolute Gasteiger partial charge is 0.246 e. The van der Waals surface area contributed by atoms with Gasteiger partial charge in [0.05, 0.1) is 6.54 Å². The van der Waals surface area contributed by atoms with E-state index >= 15 is 0 Å². The minimum Gasteiger partial charge on any atom is -0.437 e. The Labute approximate surface area is 109 Å². The van der Waals surface area contributed by atoms with E-state index in [4.69, 9.17) is 10.2 Å². The van der Waals surface area contributed by atoms with Gasteiger partial charge in [0, 0.05) is 19.2 Å². The number of nitrogens with zero attached hydrogens (tertiary/aromatic N) is 2. The van der Waals surface area contributed by atoms with Crippen LogP contribution in [0.2, 0.25) is 0 Å². The Balaban J connectivity index is 2.09. The Morgan fingerprint density at radius 1 is 1.42 bits per heavy atom. The zero-order valence-corrected chi connectivity index (χ0v) is 10.4. The average molecular weight is 259 g/mol. The fourth-order valence-corrected chi connectivity index (χ4v) is 1.54. The van der Waals surface area contributed by atoms with Crippen LogP contribution in [0.25, 0.3) is 17.2 Å². The summed E-state index contributed by atoms with van der Waals surface area (Å²) in [6, 6.07) is 7.30. The molecule has 0 aliphatic carbocycles. The minimum atomic E-state index is -0.564. The maximum atomic E-state index is 11.6. The molecule has 0 aliphatic heterocycles. The normalized spacial score (nSPS) is 11.0. The molecule has 2 rings (SSSR count). The number of likely N-dealkylation sites (N-methyl/N-ethyl adjacent to an activating group) is 1. The Bertz CT molecular complexity index is 612. The zero-order chi connectivity index (χ0) is 13.8. The lowest BCUT2D eigenvalue weighted by Crippen LogP contribution is -2.34. The number of aromatic nitrogens is 1. The molecule has 0 saturated carbocycles. The summed E-state index contributed by atoms with van der Waals surface area (Å²) >= 11 is 0. The van der Waals surface area contributed by atoms with Crippen LogP contribution in [-0.4, -0.2) is 35.3 Å². The molecule has 0 spiro atoms. The monoisotopic (exact) mass is 259 g/mol. The second-order valence-electron chi connectivity index (χ2n) is 4.01. The van der Waals surface area contributed by atoms with Crippen LogP contribution in [-0.2, 0) is 9.59 Å². The van der Waals surface area contributed by atoms with E-state index in [1.165, 1.54) is 24.1 Å². The van der Waals surface area contributed by atoms with Crippen molar-refractivity contribution >= 4 is 29.0 Å². The Morgan fingerprint density at radius 2 is 2.16 bits per heavy atom. The molecule has 0 saturated heterocycles. The second kappa shape index (κ2) is 5.34. The fourth-order valence-electron chi connectivity index (χ4n) is 1.54. The van der Waals surface area contributed by atoms with Crippen LogP contribution in [0.5, 0.6) is 0 Å². The average Bonchev–Trinajstić information content (AvgIpc) is 2.77. The highest BCUT2D eigenvalue weighted by atomic mass is 16.3. The number of hydrogen-bond acceptors (Lipinski definition) is 4. The van der Waals surface area contributed by atoms with Crippen LogP contribution in [0.1, 0.15) is 5.89 Å². The van der Waals surface area contributed by atoms with E-state index in [1.54, 1.807) is 6.07 Å². The first-order chi connectivity index (χ1) is 9.06. The van der Waals surface area contributed by atoms with Crippen molar-refractivity contribution in [2.75, 3.05) is 13.6 Å². The molecule has 1 heterocycles. The standard InChI is InChI=1S/C13H13N3O3/c1-16(8-11(14)17)13(18)7-6-12-15-9-4-2-3-5-10(9)19-12/h2-7H,8H2,1H3,(H2,14,17)/b7-6+. The van der Waals surface area contributed by atoms with Crippen molar-refractivity contribution < 1.29 is 14.0 Å². The van der Waals surface area contributed by atoms with Gasteiger partial charge in [-0.1, -0.05) is 12.1 Å². The van der Waals surface area contributed by atoms with Gasteiger partial charge in [-0.25, -0.2) is 4.98 Å². The maximum absolute atomic E-state index is 11.6. The molecule has 0 aliphatic rings. The van der Waals surface area contributed by atoms with Crippen LogP contribution >= 0.6 is 0 Å². The number of amides is 2. The zero-order valence-electron chi connectivity index (χ0n) is 10.4. The minimum absolute atomic E-state index is 0.128. The lowest BCUT2D eigenvalue weighted by molar-refractivity contribution is -0.129. The molecule has 0 fully saturated rings. The van der Waals surface area contributed by atoms with Crippen LogP contribution < -0.4 is 5.73 Å². The summed E-state index contributed by atoms with van der Waals surface area (Å²) in [7, 11) is 1.49. The van der Waals surface area contributed by atoms with Gasteiger partial charge in [0.2, 0.25) is 17.7 Å². The van der Waals surface area contributed by atoms with Gasteiger partial charge in [0.25, 0.3) is 0 Å². The maximum Gasteiger partial charge on any atom is 0.246 e. The van der Waals surface area contributed by atoms with Gasteiger partial charge < -0.3 is 15.1 Å². The van der Waals surface area contributed by atoms with Crippen LogP contribution in [0, 0.1) is 0 Å². The third kappa shape index (κ3) is 3.19. The number of hydrogen-bond donors (Lipinski definition) is 1. The third-order valence-corrected chi connectivity index (χ3v) is 2.45. The Morgan fingerprint density at radius 3 is 2.84 bits per heavy atom. The van der Waals surface area contributed by atoms with E-state index in [1.807, 2.05) is 18.2 Å².